The number of benzene rings is 1. The van der Waals surface area contributed by atoms with Crippen LogP contribution in [0.15, 0.2) is 49.1 Å². The van der Waals surface area contributed by atoms with Crippen molar-refractivity contribution < 1.29 is 4.57 Å². The van der Waals surface area contributed by atoms with E-state index in [1.54, 1.807) is 0 Å². The molecule has 0 amide bonds. The maximum Gasteiger partial charge on any atom is 0.243 e. The molecule has 0 unspecified atom stereocenters. The fourth-order valence-electron chi connectivity index (χ4n) is 2.68. The number of hydrogen-bond donors (Lipinski definition) is 0. The van der Waals surface area contributed by atoms with E-state index in [0.29, 0.717) is 0 Å². The second-order valence-corrected chi connectivity index (χ2v) is 5.89. The van der Waals surface area contributed by atoms with Crippen LogP contribution in [0.25, 0.3) is 0 Å². The maximum absolute atomic E-state index is 2.32. The minimum atomic E-state index is 1.06. The third-order valence-electron chi connectivity index (χ3n) is 4.02. The molecule has 0 spiro atoms. The van der Waals surface area contributed by atoms with Gasteiger partial charge in [0.05, 0.1) is 13.1 Å². The zero-order valence-corrected chi connectivity index (χ0v) is 13.4. The first kappa shape index (κ1) is 15.8. The van der Waals surface area contributed by atoms with Gasteiger partial charge in [-0.25, -0.2) is 9.13 Å². The second-order valence-electron chi connectivity index (χ2n) is 5.89. The molecule has 0 aliphatic rings. The quantitative estimate of drug-likeness (QED) is 0.452. The Kier molecular flexibility index (Phi) is 7.06. The Balaban J connectivity index is 1.64. The Hall–Kier alpha value is -1.57. The van der Waals surface area contributed by atoms with E-state index in [2.05, 4.69) is 65.1 Å². The van der Waals surface area contributed by atoms with Gasteiger partial charge in [0.1, 0.15) is 12.4 Å². The van der Waals surface area contributed by atoms with E-state index in [1.165, 1.54) is 44.1 Å². The lowest BCUT2D eigenvalue weighted by Gasteiger charge is -1.99. The highest BCUT2D eigenvalue weighted by atomic mass is 15.1. The molecule has 0 N–H and O–H groups in total. The average molecular weight is 285 g/mol. The summed E-state index contributed by atoms with van der Waals surface area (Å²) in [5.41, 5.74) is 1.41. The molecule has 2 heteroatoms. The van der Waals surface area contributed by atoms with Gasteiger partial charge in [-0.3, -0.25) is 0 Å². The van der Waals surface area contributed by atoms with Gasteiger partial charge in [-0.2, -0.15) is 0 Å². The molecule has 0 fully saturated rings. The van der Waals surface area contributed by atoms with Crippen molar-refractivity contribution in [3.05, 3.63) is 54.6 Å². The zero-order chi connectivity index (χ0) is 14.8. The summed E-state index contributed by atoms with van der Waals surface area (Å²) in [6.45, 7) is 4.49. The average Bonchev–Trinajstić information content (AvgIpc) is 2.98. The van der Waals surface area contributed by atoms with Crippen molar-refractivity contribution in [1.29, 1.82) is 0 Å². The van der Waals surface area contributed by atoms with Gasteiger partial charge in [0, 0.05) is 6.42 Å². The van der Waals surface area contributed by atoms with Crippen LogP contribution in [0.2, 0.25) is 0 Å². The van der Waals surface area contributed by atoms with E-state index in [1.807, 2.05) is 0 Å². The summed E-state index contributed by atoms with van der Waals surface area (Å²) in [4.78, 5) is 0. The summed E-state index contributed by atoms with van der Waals surface area (Å²) in [7, 11) is 0. The third kappa shape index (κ3) is 6.16. The number of aromatic nitrogens is 2. The Morgan fingerprint density at radius 3 is 2.52 bits per heavy atom. The molecular formula is C19H29N2+. The first-order valence-corrected chi connectivity index (χ1v) is 8.47. The van der Waals surface area contributed by atoms with Gasteiger partial charge >= 0.3 is 0 Å². The molecule has 0 saturated heterocycles. The topological polar surface area (TPSA) is 8.81 Å². The molecule has 0 aliphatic carbocycles. The molecule has 1 heterocycles. The molecule has 2 aromatic rings. The van der Waals surface area contributed by atoms with Gasteiger partial charge in [0.25, 0.3) is 0 Å². The van der Waals surface area contributed by atoms with Crippen molar-refractivity contribution in [2.24, 2.45) is 0 Å². The highest BCUT2D eigenvalue weighted by Crippen LogP contribution is 2.05. The Bertz CT molecular complexity index is 487. The molecule has 1 aromatic carbocycles. The number of nitrogens with zero attached hydrogens (tertiary/aromatic N) is 2. The molecule has 0 saturated carbocycles. The lowest BCUT2D eigenvalue weighted by atomic mass is 10.1. The van der Waals surface area contributed by atoms with Crippen LogP contribution < -0.4 is 4.57 Å². The van der Waals surface area contributed by atoms with Crippen molar-refractivity contribution >= 4 is 0 Å². The Morgan fingerprint density at radius 1 is 0.952 bits per heavy atom. The maximum atomic E-state index is 2.32. The highest BCUT2D eigenvalue weighted by Gasteiger charge is 2.03. The smallest absolute Gasteiger partial charge is 0.237 e. The van der Waals surface area contributed by atoms with Gasteiger partial charge in [0.2, 0.25) is 6.33 Å². The zero-order valence-electron chi connectivity index (χ0n) is 13.4. The van der Waals surface area contributed by atoms with Crippen molar-refractivity contribution in [1.82, 2.24) is 4.57 Å². The van der Waals surface area contributed by atoms with Crippen LogP contribution in [0.1, 0.15) is 51.0 Å². The van der Waals surface area contributed by atoms with Crippen LogP contribution in [-0.2, 0) is 19.5 Å². The van der Waals surface area contributed by atoms with Crippen LogP contribution in [0, 0.1) is 0 Å². The van der Waals surface area contributed by atoms with Gasteiger partial charge < -0.3 is 0 Å². The molecule has 0 bridgehead atoms. The lowest BCUT2D eigenvalue weighted by molar-refractivity contribution is -0.696. The van der Waals surface area contributed by atoms with Crippen LogP contribution in [0.4, 0.5) is 0 Å². The summed E-state index contributed by atoms with van der Waals surface area (Å²) in [5, 5.41) is 0. The molecule has 1 aromatic heterocycles. The van der Waals surface area contributed by atoms with E-state index in [-0.39, 0.29) is 0 Å². The summed E-state index contributed by atoms with van der Waals surface area (Å²) in [5.74, 6) is 0. The summed E-state index contributed by atoms with van der Waals surface area (Å²) in [6.07, 6.45) is 15.9. The van der Waals surface area contributed by atoms with Crippen molar-refractivity contribution in [2.45, 2.75) is 65.0 Å². The molecule has 0 atom stereocenters. The summed E-state index contributed by atoms with van der Waals surface area (Å²) < 4.78 is 4.62. The van der Waals surface area contributed by atoms with Crippen LogP contribution >= 0.6 is 0 Å². The van der Waals surface area contributed by atoms with Gasteiger partial charge in [-0.15, -0.1) is 0 Å². The normalized spacial score (nSPS) is 10.9. The minimum absolute atomic E-state index is 1.06. The Labute approximate surface area is 129 Å². The van der Waals surface area contributed by atoms with Crippen molar-refractivity contribution in [2.75, 3.05) is 0 Å². The SMILES string of the molecule is CCCCCCCC[n+]1ccn(CCc2ccccc2)c1. The van der Waals surface area contributed by atoms with Gasteiger partial charge in [-0.1, -0.05) is 62.9 Å². The molecule has 114 valence electrons. The standard InChI is InChI=1S/C19H29N2/c1-2-3-4-5-6-10-14-20-16-17-21(18-20)15-13-19-11-8-7-9-12-19/h7-9,11-12,16-18H,2-6,10,13-15H2,1H3/q+1. The second kappa shape index (κ2) is 9.38. The van der Waals surface area contributed by atoms with Crippen LogP contribution in [0.5, 0.6) is 0 Å². The largest absolute Gasteiger partial charge is 0.243 e. The Morgan fingerprint density at radius 2 is 1.71 bits per heavy atom. The van der Waals surface area contributed by atoms with E-state index in [9.17, 15) is 0 Å². The van der Waals surface area contributed by atoms with E-state index in [4.69, 9.17) is 0 Å². The van der Waals surface area contributed by atoms with Crippen LogP contribution in [0.3, 0.4) is 0 Å². The number of aryl methyl sites for hydroxylation is 3. The van der Waals surface area contributed by atoms with Gasteiger partial charge in [0.15, 0.2) is 0 Å². The monoisotopic (exact) mass is 285 g/mol. The fourth-order valence-corrected chi connectivity index (χ4v) is 2.68. The van der Waals surface area contributed by atoms with E-state index >= 15 is 0 Å². The van der Waals surface area contributed by atoms with Gasteiger partial charge in [-0.05, 0) is 18.4 Å². The number of unbranched alkanes of at least 4 members (excludes halogenated alkanes) is 5. The fraction of sp³-hybridized carbons (Fsp3) is 0.526. The summed E-state index contributed by atoms with van der Waals surface area (Å²) in [6, 6.07) is 10.7. The highest BCUT2D eigenvalue weighted by molar-refractivity contribution is 5.14. The molecule has 0 aliphatic heterocycles. The van der Waals surface area contributed by atoms with E-state index < -0.39 is 0 Å². The number of hydrogen-bond acceptors (Lipinski definition) is 0. The van der Waals surface area contributed by atoms with E-state index in [0.717, 1.165) is 19.5 Å². The number of rotatable bonds is 10. The first-order chi connectivity index (χ1) is 10.4. The third-order valence-corrected chi connectivity index (χ3v) is 4.02. The first-order valence-electron chi connectivity index (χ1n) is 8.47. The van der Waals surface area contributed by atoms with Crippen LogP contribution in [-0.4, -0.2) is 4.57 Å². The molecule has 0 radical (unpaired) electrons. The lowest BCUT2D eigenvalue weighted by Crippen LogP contribution is -2.30. The molecule has 2 rings (SSSR count). The molecule has 2 nitrogen and oxygen atoms in total. The minimum Gasteiger partial charge on any atom is -0.237 e. The predicted molar refractivity (Wildman–Crippen MR) is 88.1 cm³/mol. The molecule has 21 heavy (non-hydrogen) atoms. The van der Waals surface area contributed by atoms with Crippen molar-refractivity contribution in [3.63, 3.8) is 0 Å². The predicted octanol–water partition coefficient (Wildman–Crippen LogP) is 4.38. The van der Waals surface area contributed by atoms with Crippen molar-refractivity contribution in [3.8, 4) is 0 Å². The molecular weight excluding hydrogens is 256 g/mol. The number of imidazole rings is 1. The summed E-state index contributed by atoms with van der Waals surface area (Å²) >= 11 is 0.